The number of fused-ring (bicyclic) bond motifs is 1. The highest BCUT2D eigenvalue weighted by Crippen LogP contribution is 2.20. The Morgan fingerprint density at radius 1 is 1.18 bits per heavy atom. The quantitative estimate of drug-likeness (QED) is 0.524. The number of carbonyl (C=O) groups is 2. The van der Waals surface area contributed by atoms with E-state index in [0.717, 1.165) is 29.0 Å². The fraction of sp³-hybridized carbons (Fsp3) is 0.250. The number of urea groups is 1. The molecule has 8 heteroatoms. The Kier molecular flexibility index (Phi) is 6.54. The lowest BCUT2D eigenvalue weighted by atomic mass is 10.2. The summed E-state index contributed by atoms with van der Waals surface area (Å²) in [5.74, 6) is 1.19. The number of hydrogen-bond acceptors (Lipinski definition) is 5. The van der Waals surface area contributed by atoms with Crippen molar-refractivity contribution in [2.45, 2.75) is 12.5 Å². The van der Waals surface area contributed by atoms with E-state index in [-0.39, 0.29) is 12.1 Å². The topological polar surface area (TPSA) is 96.1 Å². The second-order valence-electron chi connectivity index (χ2n) is 6.14. The van der Waals surface area contributed by atoms with Gasteiger partial charge < -0.3 is 20.4 Å². The van der Waals surface area contributed by atoms with E-state index in [1.54, 1.807) is 36.0 Å². The SMILES string of the molecule is COC(=O)c1ccc(NC(=O)N[C@@H](CCSC)c2nc3ccccc3[nH]2)cc1. The van der Waals surface area contributed by atoms with Crippen LogP contribution >= 0.6 is 11.8 Å². The third kappa shape index (κ3) is 4.83. The lowest BCUT2D eigenvalue weighted by molar-refractivity contribution is 0.0600. The minimum Gasteiger partial charge on any atom is -0.465 e. The molecule has 0 spiro atoms. The average Bonchev–Trinajstić information content (AvgIpc) is 3.15. The van der Waals surface area contributed by atoms with Crippen LogP contribution in [0.4, 0.5) is 10.5 Å². The van der Waals surface area contributed by atoms with Gasteiger partial charge in [0.1, 0.15) is 5.82 Å². The Hall–Kier alpha value is -3.00. The van der Waals surface area contributed by atoms with E-state index in [0.29, 0.717) is 11.3 Å². The van der Waals surface area contributed by atoms with Gasteiger partial charge in [-0.15, -0.1) is 0 Å². The van der Waals surface area contributed by atoms with Gasteiger partial charge in [0.05, 0.1) is 29.7 Å². The molecule has 1 aromatic heterocycles. The molecule has 3 N–H and O–H groups in total. The number of benzene rings is 2. The second-order valence-corrected chi connectivity index (χ2v) is 7.13. The number of nitrogens with one attached hydrogen (secondary N) is 3. The lowest BCUT2D eigenvalue weighted by Crippen LogP contribution is -2.33. The van der Waals surface area contributed by atoms with Gasteiger partial charge in [-0.25, -0.2) is 14.6 Å². The zero-order valence-corrected chi connectivity index (χ0v) is 16.5. The summed E-state index contributed by atoms with van der Waals surface area (Å²) < 4.78 is 4.67. The Morgan fingerprint density at radius 3 is 2.61 bits per heavy atom. The van der Waals surface area contributed by atoms with Gasteiger partial charge in [-0.05, 0) is 54.8 Å². The van der Waals surface area contributed by atoms with E-state index in [9.17, 15) is 9.59 Å². The Balaban J connectivity index is 1.69. The Bertz CT molecular complexity index is 922. The molecule has 1 heterocycles. The molecule has 3 aromatic rings. The van der Waals surface area contributed by atoms with Crippen LogP contribution in [-0.4, -0.2) is 41.1 Å². The monoisotopic (exact) mass is 398 g/mol. The summed E-state index contributed by atoms with van der Waals surface area (Å²) in [6.07, 6.45) is 2.77. The molecular formula is C20H22N4O3S. The molecule has 7 nitrogen and oxygen atoms in total. The number of esters is 1. The smallest absolute Gasteiger partial charge is 0.337 e. The number of thioether (sulfide) groups is 1. The van der Waals surface area contributed by atoms with Crippen LogP contribution in [0.1, 0.15) is 28.6 Å². The highest BCUT2D eigenvalue weighted by atomic mass is 32.2. The van der Waals surface area contributed by atoms with Crippen molar-refractivity contribution in [2.24, 2.45) is 0 Å². The molecule has 2 aromatic carbocycles. The van der Waals surface area contributed by atoms with Crippen LogP contribution in [0.2, 0.25) is 0 Å². The van der Waals surface area contributed by atoms with Crippen LogP contribution in [0.25, 0.3) is 11.0 Å². The van der Waals surface area contributed by atoms with Crippen molar-refractivity contribution in [1.82, 2.24) is 15.3 Å². The molecule has 0 saturated heterocycles. The molecule has 1 atom stereocenters. The summed E-state index contributed by atoms with van der Waals surface area (Å²) in [6.45, 7) is 0. The van der Waals surface area contributed by atoms with Crippen molar-refractivity contribution >= 4 is 40.5 Å². The third-order valence-corrected chi connectivity index (χ3v) is 4.86. The number of hydrogen-bond donors (Lipinski definition) is 3. The Labute approximate surface area is 167 Å². The maximum atomic E-state index is 12.5. The fourth-order valence-corrected chi connectivity index (χ4v) is 3.25. The van der Waals surface area contributed by atoms with Crippen LogP contribution in [0.15, 0.2) is 48.5 Å². The predicted octanol–water partition coefficient (Wildman–Crippen LogP) is 3.97. The minimum atomic E-state index is -0.419. The van der Waals surface area contributed by atoms with Crippen LogP contribution < -0.4 is 10.6 Å². The summed E-state index contributed by atoms with van der Waals surface area (Å²) in [4.78, 5) is 31.9. The molecular weight excluding hydrogens is 376 g/mol. The van der Waals surface area contributed by atoms with Gasteiger partial charge in [-0.1, -0.05) is 12.1 Å². The van der Waals surface area contributed by atoms with Crippen molar-refractivity contribution < 1.29 is 14.3 Å². The molecule has 0 aliphatic carbocycles. The van der Waals surface area contributed by atoms with Crippen molar-refractivity contribution in [3.05, 3.63) is 59.9 Å². The first-order valence-electron chi connectivity index (χ1n) is 8.80. The van der Waals surface area contributed by atoms with Gasteiger partial charge in [0, 0.05) is 5.69 Å². The summed E-state index contributed by atoms with van der Waals surface area (Å²) >= 11 is 1.71. The molecule has 0 bridgehead atoms. The molecule has 0 radical (unpaired) electrons. The molecule has 0 unspecified atom stereocenters. The number of nitrogens with zero attached hydrogens (tertiary/aromatic N) is 1. The van der Waals surface area contributed by atoms with Crippen LogP contribution in [0.5, 0.6) is 0 Å². The zero-order valence-electron chi connectivity index (χ0n) is 15.7. The number of para-hydroxylation sites is 2. The summed E-state index contributed by atoms with van der Waals surface area (Å²) in [5, 5.41) is 5.76. The van der Waals surface area contributed by atoms with Crippen molar-refractivity contribution in [3.8, 4) is 0 Å². The highest BCUT2D eigenvalue weighted by molar-refractivity contribution is 7.98. The van der Waals surface area contributed by atoms with Crippen molar-refractivity contribution in [2.75, 3.05) is 24.4 Å². The largest absolute Gasteiger partial charge is 0.465 e. The van der Waals surface area contributed by atoms with Gasteiger partial charge in [-0.3, -0.25) is 0 Å². The number of H-pyrrole nitrogens is 1. The number of anilines is 1. The number of methoxy groups -OCH3 is 1. The number of ether oxygens (including phenoxy) is 1. The van der Waals surface area contributed by atoms with Gasteiger partial charge in [-0.2, -0.15) is 11.8 Å². The van der Waals surface area contributed by atoms with Crippen molar-refractivity contribution in [3.63, 3.8) is 0 Å². The van der Waals surface area contributed by atoms with Gasteiger partial charge in [0.15, 0.2) is 0 Å². The minimum absolute atomic E-state index is 0.241. The normalized spacial score (nSPS) is 11.8. The molecule has 146 valence electrons. The standard InChI is InChI=1S/C20H22N4O3S/c1-27-19(25)13-7-9-14(10-8-13)21-20(26)24-17(11-12-28-2)18-22-15-5-3-4-6-16(15)23-18/h3-10,17H,11-12H2,1-2H3,(H,22,23)(H2,21,24,26)/t17-/m0/s1. The Morgan fingerprint density at radius 2 is 1.93 bits per heavy atom. The highest BCUT2D eigenvalue weighted by Gasteiger charge is 2.18. The van der Waals surface area contributed by atoms with E-state index in [2.05, 4.69) is 25.3 Å². The van der Waals surface area contributed by atoms with E-state index < -0.39 is 5.97 Å². The number of aromatic nitrogens is 2. The second kappa shape index (κ2) is 9.27. The van der Waals surface area contributed by atoms with E-state index in [4.69, 9.17) is 0 Å². The number of imidazole rings is 1. The summed E-state index contributed by atoms with van der Waals surface area (Å²) in [7, 11) is 1.33. The first-order chi connectivity index (χ1) is 13.6. The van der Waals surface area contributed by atoms with Crippen LogP contribution in [-0.2, 0) is 4.74 Å². The number of rotatable bonds is 7. The first-order valence-corrected chi connectivity index (χ1v) is 10.2. The lowest BCUT2D eigenvalue weighted by Gasteiger charge is -2.17. The van der Waals surface area contributed by atoms with Gasteiger partial charge in [0.25, 0.3) is 0 Å². The first kappa shape index (κ1) is 19.8. The number of aromatic amines is 1. The fourth-order valence-electron chi connectivity index (χ4n) is 2.78. The maximum Gasteiger partial charge on any atom is 0.337 e. The predicted molar refractivity (Wildman–Crippen MR) is 112 cm³/mol. The molecule has 0 aliphatic rings. The molecule has 28 heavy (non-hydrogen) atoms. The average molecular weight is 398 g/mol. The van der Waals surface area contributed by atoms with E-state index in [1.165, 1.54) is 7.11 Å². The van der Waals surface area contributed by atoms with Gasteiger partial charge >= 0.3 is 12.0 Å². The zero-order chi connectivity index (χ0) is 19.9. The molecule has 0 fully saturated rings. The van der Waals surface area contributed by atoms with Crippen LogP contribution in [0, 0.1) is 0 Å². The van der Waals surface area contributed by atoms with Crippen LogP contribution in [0.3, 0.4) is 0 Å². The number of carbonyl (C=O) groups excluding carboxylic acids is 2. The van der Waals surface area contributed by atoms with Gasteiger partial charge in [0.2, 0.25) is 0 Å². The molecule has 3 rings (SSSR count). The van der Waals surface area contributed by atoms with Crippen molar-refractivity contribution in [1.29, 1.82) is 0 Å². The van der Waals surface area contributed by atoms with E-state index in [1.807, 2.05) is 30.5 Å². The molecule has 0 aliphatic heterocycles. The maximum absolute atomic E-state index is 12.5. The summed E-state index contributed by atoms with van der Waals surface area (Å²) in [6, 6.07) is 13.7. The third-order valence-electron chi connectivity index (χ3n) is 4.22. The summed E-state index contributed by atoms with van der Waals surface area (Å²) in [5.41, 5.74) is 2.81. The number of amides is 2. The van der Waals surface area contributed by atoms with E-state index >= 15 is 0 Å². The molecule has 2 amide bonds. The molecule has 0 saturated carbocycles.